The Balaban J connectivity index is 1.62. The smallest absolute Gasteiger partial charge is 0.232 e. The lowest BCUT2D eigenvalue weighted by atomic mass is 10.2. The minimum atomic E-state index is 0.192. The van der Waals surface area contributed by atoms with Gasteiger partial charge >= 0.3 is 0 Å². The third-order valence-corrected chi connectivity index (χ3v) is 5.12. The van der Waals surface area contributed by atoms with E-state index in [1.165, 1.54) is 17.3 Å². The highest BCUT2D eigenvalue weighted by atomic mass is 32.2. The van der Waals surface area contributed by atoms with Gasteiger partial charge in [-0.3, -0.25) is 0 Å². The molecule has 1 aliphatic heterocycles. The topological polar surface area (TPSA) is 89.2 Å². The number of morpholine rings is 1. The number of hydrogen-bond acceptors (Lipinski definition) is 8. The van der Waals surface area contributed by atoms with E-state index in [0.717, 1.165) is 23.1 Å². The van der Waals surface area contributed by atoms with Crippen molar-refractivity contribution in [2.45, 2.75) is 12.7 Å². The molecule has 2 heterocycles. The van der Waals surface area contributed by atoms with Crippen LogP contribution in [-0.4, -0.2) is 50.5 Å². The van der Waals surface area contributed by atoms with Gasteiger partial charge in [-0.05, 0) is 19.1 Å². The van der Waals surface area contributed by atoms with Crippen molar-refractivity contribution in [2.24, 2.45) is 0 Å². The summed E-state index contributed by atoms with van der Waals surface area (Å²) in [5.74, 6) is 1.77. The number of nitrogen functional groups attached to an aromatic ring is 1. The lowest BCUT2D eigenvalue weighted by Gasteiger charge is -2.28. The van der Waals surface area contributed by atoms with Gasteiger partial charge in [-0.2, -0.15) is 15.0 Å². The lowest BCUT2D eigenvalue weighted by Crippen LogP contribution is -2.38. The zero-order valence-corrected chi connectivity index (χ0v) is 15.6. The van der Waals surface area contributed by atoms with Crippen LogP contribution in [0.25, 0.3) is 0 Å². The molecule has 0 bridgehead atoms. The van der Waals surface area contributed by atoms with Crippen molar-refractivity contribution in [3.05, 3.63) is 35.7 Å². The number of nitrogens with two attached hydrogens (primary N) is 1. The number of rotatable bonds is 4. The monoisotopic (exact) mass is 376 g/mol. The second kappa shape index (κ2) is 8.41. The van der Waals surface area contributed by atoms with Crippen molar-refractivity contribution < 1.29 is 4.74 Å². The van der Waals surface area contributed by atoms with E-state index < -0.39 is 0 Å². The number of benzene rings is 1. The highest BCUT2D eigenvalue weighted by Gasteiger charge is 2.15. The van der Waals surface area contributed by atoms with Gasteiger partial charge in [0.2, 0.25) is 11.9 Å². The highest BCUT2D eigenvalue weighted by molar-refractivity contribution is 8.22. The third-order valence-electron chi connectivity index (χ3n) is 3.60. The van der Waals surface area contributed by atoms with Gasteiger partial charge in [0, 0.05) is 18.8 Å². The SMILES string of the molecule is Cc1ccc(Nc2nc(N)nc(CSC(=S)N3CCOCC3)n2)cc1. The molecule has 1 fully saturated rings. The number of ether oxygens (including phenoxy) is 1. The van der Waals surface area contributed by atoms with Gasteiger partial charge in [-0.15, -0.1) is 0 Å². The summed E-state index contributed by atoms with van der Waals surface area (Å²) < 4.78 is 6.17. The quantitative estimate of drug-likeness (QED) is 0.780. The van der Waals surface area contributed by atoms with Crippen LogP contribution in [0.4, 0.5) is 17.6 Å². The van der Waals surface area contributed by atoms with Gasteiger partial charge in [0.05, 0.1) is 19.0 Å². The van der Waals surface area contributed by atoms with Crippen LogP contribution in [0.1, 0.15) is 11.4 Å². The van der Waals surface area contributed by atoms with Gasteiger partial charge in [-0.1, -0.05) is 41.7 Å². The van der Waals surface area contributed by atoms with Gasteiger partial charge in [0.1, 0.15) is 10.1 Å². The van der Waals surface area contributed by atoms with Crippen molar-refractivity contribution in [3.63, 3.8) is 0 Å². The summed E-state index contributed by atoms with van der Waals surface area (Å²) in [6, 6.07) is 7.98. The molecule has 3 N–H and O–H groups in total. The van der Waals surface area contributed by atoms with Crippen LogP contribution >= 0.6 is 24.0 Å². The Labute approximate surface area is 156 Å². The molecule has 0 atom stereocenters. The maximum Gasteiger partial charge on any atom is 0.232 e. The molecule has 1 saturated heterocycles. The Kier molecular flexibility index (Phi) is 6.00. The van der Waals surface area contributed by atoms with Crippen molar-refractivity contribution in [1.82, 2.24) is 19.9 Å². The number of thioether (sulfide) groups is 1. The molecule has 1 aromatic heterocycles. The molecule has 1 aromatic carbocycles. The number of nitrogens with one attached hydrogen (secondary N) is 1. The normalized spacial score (nSPS) is 14.4. The number of hydrogen-bond donors (Lipinski definition) is 2. The van der Waals surface area contributed by atoms with E-state index >= 15 is 0 Å². The first kappa shape index (κ1) is 17.8. The molecule has 25 heavy (non-hydrogen) atoms. The molecule has 0 spiro atoms. The molecule has 2 aromatic rings. The first-order chi connectivity index (χ1) is 12.1. The van der Waals surface area contributed by atoms with E-state index in [9.17, 15) is 0 Å². The minimum absolute atomic E-state index is 0.192. The predicted molar refractivity (Wildman–Crippen MR) is 105 cm³/mol. The van der Waals surface area contributed by atoms with Crippen LogP contribution in [0.5, 0.6) is 0 Å². The molecular weight excluding hydrogens is 356 g/mol. The average molecular weight is 377 g/mol. The fourth-order valence-electron chi connectivity index (χ4n) is 2.29. The zero-order chi connectivity index (χ0) is 17.6. The van der Waals surface area contributed by atoms with Crippen molar-refractivity contribution in [1.29, 1.82) is 0 Å². The molecule has 0 aliphatic carbocycles. The van der Waals surface area contributed by atoms with Crippen molar-refractivity contribution >= 4 is 45.9 Å². The first-order valence-corrected chi connectivity index (χ1v) is 9.33. The summed E-state index contributed by atoms with van der Waals surface area (Å²) in [5.41, 5.74) is 7.91. The van der Waals surface area contributed by atoms with Gasteiger partial charge < -0.3 is 20.7 Å². The van der Waals surface area contributed by atoms with Crippen LogP contribution < -0.4 is 11.1 Å². The lowest BCUT2D eigenvalue weighted by molar-refractivity contribution is 0.0702. The molecule has 0 unspecified atom stereocenters. The van der Waals surface area contributed by atoms with Crippen LogP contribution in [0, 0.1) is 6.92 Å². The second-order valence-electron chi connectivity index (χ2n) is 5.58. The van der Waals surface area contributed by atoms with Crippen LogP contribution in [0.15, 0.2) is 24.3 Å². The number of aromatic nitrogens is 3. The van der Waals surface area contributed by atoms with E-state index in [2.05, 4.69) is 25.2 Å². The Morgan fingerprint density at radius 2 is 1.96 bits per heavy atom. The first-order valence-electron chi connectivity index (χ1n) is 7.94. The largest absolute Gasteiger partial charge is 0.378 e. The van der Waals surface area contributed by atoms with E-state index in [1.54, 1.807) is 0 Å². The molecule has 3 rings (SSSR count). The molecule has 9 heteroatoms. The number of aryl methyl sites for hydroxylation is 1. The molecular formula is C16H20N6OS2. The summed E-state index contributed by atoms with van der Waals surface area (Å²) in [5, 5.41) is 3.15. The van der Waals surface area contributed by atoms with E-state index in [4.69, 9.17) is 22.7 Å². The highest BCUT2D eigenvalue weighted by Crippen LogP contribution is 2.18. The molecule has 0 radical (unpaired) electrons. The maximum atomic E-state index is 5.82. The fraction of sp³-hybridized carbons (Fsp3) is 0.375. The molecule has 0 saturated carbocycles. The number of anilines is 3. The minimum Gasteiger partial charge on any atom is -0.378 e. The predicted octanol–water partition coefficient (Wildman–Crippen LogP) is 2.36. The summed E-state index contributed by atoms with van der Waals surface area (Å²) in [6.07, 6.45) is 0. The zero-order valence-electron chi connectivity index (χ0n) is 13.9. The van der Waals surface area contributed by atoms with Gasteiger partial charge in [0.25, 0.3) is 0 Å². The molecule has 1 aliphatic rings. The van der Waals surface area contributed by atoms with E-state index in [1.807, 2.05) is 31.2 Å². The molecule has 7 nitrogen and oxygen atoms in total. The van der Waals surface area contributed by atoms with E-state index in [0.29, 0.717) is 30.7 Å². The van der Waals surface area contributed by atoms with Crippen LogP contribution in [0.3, 0.4) is 0 Å². The van der Waals surface area contributed by atoms with Crippen LogP contribution in [0.2, 0.25) is 0 Å². The Bertz CT molecular complexity index is 734. The summed E-state index contributed by atoms with van der Waals surface area (Å²) in [7, 11) is 0. The molecule has 132 valence electrons. The van der Waals surface area contributed by atoms with E-state index in [-0.39, 0.29) is 5.95 Å². The Hall–Kier alpha value is -1.97. The number of nitrogens with zero attached hydrogens (tertiary/aromatic N) is 4. The average Bonchev–Trinajstić information content (AvgIpc) is 2.62. The standard InChI is InChI=1S/C16H20N6OS2/c1-11-2-4-12(5-3-11)18-15-20-13(19-14(17)21-15)10-25-16(24)22-6-8-23-9-7-22/h2-5H,6-10H2,1H3,(H3,17,18,19,20,21). The number of thiocarbonyl (C=S) groups is 1. The van der Waals surface area contributed by atoms with Crippen LogP contribution in [-0.2, 0) is 10.5 Å². The van der Waals surface area contributed by atoms with Gasteiger partial charge in [0.15, 0.2) is 0 Å². The Morgan fingerprint density at radius 3 is 2.68 bits per heavy atom. The Morgan fingerprint density at radius 1 is 1.24 bits per heavy atom. The molecule has 0 amide bonds. The summed E-state index contributed by atoms with van der Waals surface area (Å²) in [4.78, 5) is 14.9. The van der Waals surface area contributed by atoms with Crippen molar-refractivity contribution in [3.8, 4) is 0 Å². The van der Waals surface area contributed by atoms with Gasteiger partial charge in [-0.25, -0.2) is 0 Å². The second-order valence-corrected chi connectivity index (χ2v) is 7.19. The fourth-order valence-corrected chi connectivity index (χ4v) is 3.39. The van der Waals surface area contributed by atoms with Crippen molar-refractivity contribution in [2.75, 3.05) is 37.4 Å². The summed E-state index contributed by atoms with van der Waals surface area (Å²) in [6.45, 7) is 5.11. The third kappa shape index (κ3) is 5.25. The maximum absolute atomic E-state index is 5.82. The summed E-state index contributed by atoms with van der Waals surface area (Å²) >= 11 is 7.00.